The summed E-state index contributed by atoms with van der Waals surface area (Å²) in [5, 5.41) is 11.3. The van der Waals surface area contributed by atoms with E-state index in [9.17, 15) is 9.59 Å². The second-order valence-corrected chi connectivity index (χ2v) is 3.16. The highest BCUT2D eigenvalue weighted by Gasteiger charge is 2.34. The fourth-order valence-electron chi connectivity index (χ4n) is 1.54. The van der Waals surface area contributed by atoms with Crippen molar-refractivity contribution < 1.29 is 14.8 Å². The lowest BCUT2D eigenvalue weighted by Gasteiger charge is -2.24. The quantitative estimate of drug-likeness (QED) is 0.499. The highest BCUT2D eigenvalue weighted by Crippen LogP contribution is 2.24. The van der Waals surface area contributed by atoms with Crippen molar-refractivity contribution in [2.75, 3.05) is 11.9 Å². The lowest BCUT2D eigenvalue weighted by Crippen LogP contribution is -2.42. The van der Waals surface area contributed by atoms with E-state index in [1.807, 2.05) is 0 Å². The summed E-state index contributed by atoms with van der Waals surface area (Å²) in [5.74, 6) is -1.14. The van der Waals surface area contributed by atoms with Crippen molar-refractivity contribution in [3.63, 3.8) is 0 Å². The highest BCUT2D eigenvalue weighted by molar-refractivity contribution is 6.72. The minimum Gasteiger partial charge on any atom is -0.410 e. The van der Waals surface area contributed by atoms with Gasteiger partial charge in [-0.3, -0.25) is 9.59 Å². The van der Waals surface area contributed by atoms with Gasteiger partial charge < -0.3 is 10.1 Å². The summed E-state index contributed by atoms with van der Waals surface area (Å²) in [6.45, 7) is 0. The molecular formula is C10H8N2O3. The predicted octanol–water partition coefficient (Wildman–Crippen LogP) is 0.676. The molecule has 0 unspecified atom stereocenters. The van der Waals surface area contributed by atoms with E-state index in [2.05, 4.69) is 5.16 Å². The number of rotatable bonds is 0. The number of nitrogens with zero attached hydrogens (tertiary/aromatic N) is 2. The predicted molar refractivity (Wildman–Crippen MR) is 53.4 cm³/mol. The Morgan fingerprint density at radius 1 is 1.27 bits per heavy atom. The minimum absolute atomic E-state index is 0.368. The third kappa shape index (κ3) is 1.20. The van der Waals surface area contributed by atoms with Crippen LogP contribution >= 0.6 is 0 Å². The molecule has 0 atom stereocenters. The Kier molecular flexibility index (Phi) is 2.00. The molecule has 0 aromatic heterocycles. The van der Waals surface area contributed by atoms with Crippen LogP contribution in [0.15, 0.2) is 29.4 Å². The van der Waals surface area contributed by atoms with Crippen molar-refractivity contribution in [3.8, 4) is 0 Å². The van der Waals surface area contributed by atoms with Gasteiger partial charge in [0.05, 0.1) is 5.69 Å². The monoisotopic (exact) mass is 204 g/mol. The molecule has 0 radical (unpaired) electrons. The number of amides is 1. The molecule has 0 aliphatic carbocycles. The third-order valence-electron chi connectivity index (χ3n) is 2.33. The summed E-state index contributed by atoms with van der Waals surface area (Å²) in [6, 6.07) is 6.68. The van der Waals surface area contributed by atoms with Crippen molar-refractivity contribution in [2.45, 2.75) is 0 Å². The molecule has 0 fully saturated rings. The summed E-state index contributed by atoms with van der Waals surface area (Å²) in [5.41, 5.74) is 0.448. The van der Waals surface area contributed by atoms with E-state index in [0.29, 0.717) is 11.3 Å². The Labute approximate surface area is 85.6 Å². The SMILES string of the molecule is CN1C(=O)C(=NO)C(=O)c2ccccc21. The molecule has 15 heavy (non-hydrogen) atoms. The lowest BCUT2D eigenvalue weighted by molar-refractivity contribution is -0.112. The first-order chi connectivity index (χ1) is 7.16. The van der Waals surface area contributed by atoms with E-state index >= 15 is 0 Å². The van der Waals surface area contributed by atoms with Gasteiger partial charge in [-0.2, -0.15) is 0 Å². The Hall–Kier alpha value is -2.17. The molecule has 0 saturated carbocycles. The van der Waals surface area contributed by atoms with E-state index in [4.69, 9.17) is 5.21 Å². The number of hydrogen-bond acceptors (Lipinski definition) is 4. The summed E-state index contributed by atoms with van der Waals surface area (Å²) >= 11 is 0. The number of para-hydroxylation sites is 1. The van der Waals surface area contributed by atoms with Gasteiger partial charge in [0.2, 0.25) is 11.5 Å². The van der Waals surface area contributed by atoms with Gasteiger partial charge in [0.15, 0.2) is 0 Å². The van der Waals surface area contributed by atoms with Gasteiger partial charge in [0.1, 0.15) is 0 Å². The average molecular weight is 204 g/mol. The number of ketones is 1. The van der Waals surface area contributed by atoms with E-state index in [1.165, 1.54) is 11.9 Å². The van der Waals surface area contributed by atoms with Gasteiger partial charge in [-0.05, 0) is 12.1 Å². The van der Waals surface area contributed by atoms with Gasteiger partial charge in [0.25, 0.3) is 5.91 Å². The molecule has 1 N–H and O–H groups in total. The third-order valence-corrected chi connectivity index (χ3v) is 2.33. The standard InChI is InChI=1S/C10H8N2O3/c1-12-7-5-3-2-4-6(7)9(13)8(11-15)10(12)14/h2-5,15H,1H3. The van der Waals surface area contributed by atoms with Crippen molar-refractivity contribution in [1.29, 1.82) is 0 Å². The summed E-state index contributed by atoms with van der Waals surface area (Å²) < 4.78 is 0. The largest absolute Gasteiger partial charge is 0.410 e. The second-order valence-electron chi connectivity index (χ2n) is 3.16. The molecule has 0 saturated heterocycles. The maximum atomic E-state index is 11.7. The number of anilines is 1. The average Bonchev–Trinajstić information content (AvgIpc) is 2.27. The maximum Gasteiger partial charge on any atom is 0.284 e. The van der Waals surface area contributed by atoms with Crippen LogP contribution in [0.4, 0.5) is 5.69 Å². The van der Waals surface area contributed by atoms with Crippen LogP contribution in [0.25, 0.3) is 0 Å². The summed E-state index contributed by atoms with van der Waals surface area (Å²) in [6.07, 6.45) is 0. The number of carbonyl (C=O) groups excluding carboxylic acids is 2. The number of carbonyl (C=O) groups is 2. The normalized spacial score (nSPS) is 18.2. The zero-order valence-electron chi connectivity index (χ0n) is 7.97. The molecular weight excluding hydrogens is 196 g/mol. The van der Waals surface area contributed by atoms with Crippen molar-refractivity contribution in [1.82, 2.24) is 0 Å². The van der Waals surface area contributed by atoms with Crippen LogP contribution in [0.3, 0.4) is 0 Å². The lowest BCUT2D eigenvalue weighted by atomic mass is 9.99. The van der Waals surface area contributed by atoms with Crippen LogP contribution in [0, 0.1) is 0 Å². The van der Waals surface area contributed by atoms with Crippen molar-refractivity contribution in [3.05, 3.63) is 29.8 Å². The minimum atomic E-state index is -0.596. The van der Waals surface area contributed by atoms with Gasteiger partial charge in [-0.25, -0.2) is 0 Å². The Morgan fingerprint density at radius 2 is 1.93 bits per heavy atom. The number of benzene rings is 1. The number of hydrogen-bond donors (Lipinski definition) is 1. The Balaban J connectivity index is 2.68. The molecule has 1 aromatic rings. The van der Waals surface area contributed by atoms with E-state index in [1.54, 1.807) is 24.3 Å². The van der Waals surface area contributed by atoms with Crippen LogP contribution in [0.2, 0.25) is 0 Å². The van der Waals surface area contributed by atoms with Gasteiger partial charge in [0, 0.05) is 12.6 Å². The molecule has 2 rings (SSSR count). The van der Waals surface area contributed by atoms with Gasteiger partial charge in [-0.15, -0.1) is 0 Å². The molecule has 1 aromatic carbocycles. The number of fused-ring (bicyclic) bond motifs is 1. The summed E-state index contributed by atoms with van der Waals surface area (Å²) in [7, 11) is 1.53. The first-order valence-electron chi connectivity index (χ1n) is 4.30. The zero-order chi connectivity index (χ0) is 11.0. The number of oxime groups is 1. The maximum absolute atomic E-state index is 11.7. The van der Waals surface area contributed by atoms with Crippen LogP contribution in [0.5, 0.6) is 0 Å². The molecule has 1 heterocycles. The smallest absolute Gasteiger partial charge is 0.284 e. The molecule has 1 aliphatic rings. The topological polar surface area (TPSA) is 70.0 Å². The summed E-state index contributed by atoms with van der Waals surface area (Å²) in [4.78, 5) is 24.5. The van der Waals surface area contributed by atoms with Crippen molar-refractivity contribution in [2.24, 2.45) is 5.16 Å². The Bertz CT molecular complexity index is 479. The second kappa shape index (κ2) is 3.20. The fourth-order valence-corrected chi connectivity index (χ4v) is 1.54. The van der Waals surface area contributed by atoms with Crippen LogP contribution in [0.1, 0.15) is 10.4 Å². The molecule has 1 aliphatic heterocycles. The van der Waals surface area contributed by atoms with E-state index in [-0.39, 0.29) is 0 Å². The zero-order valence-corrected chi connectivity index (χ0v) is 7.97. The van der Waals surface area contributed by atoms with Crippen LogP contribution in [-0.4, -0.2) is 29.7 Å². The fraction of sp³-hybridized carbons (Fsp3) is 0.100. The molecule has 76 valence electrons. The van der Waals surface area contributed by atoms with Crippen LogP contribution in [-0.2, 0) is 4.79 Å². The Morgan fingerprint density at radius 3 is 2.60 bits per heavy atom. The van der Waals surface area contributed by atoms with E-state index < -0.39 is 17.4 Å². The first-order valence-corrected chi connectivity index (χ1v) is 4.30. The molecule has 0 bridgehead atoms. The van der Waals surface area contributed by atoms with Crippen molar-refractivity contribution >= 4 is 23.1 Å². The van der Waals surface area contributed by atoms with Gasteiger partial charge in [-0.1, -0.05) is 17.3 Å². The highest BCUT2D eigenvalue weighted by atomic mass is 16.4. The van der Waals surface area contributed by atoms with Crippen LogP contribution < -0.4 is 4.90 Å². The molecule has 1 amide bonds. The first kappa shape index (κ1) is 9.39. The van der Waals surface area contributed by atoms with E-state index in [0.717, 1.165) is 0 Å². The molecule has 5 heteroatoms. The molecule has 0 spiro atoms. The molecule has 5 nitrogen and oxygen atoms in total. The van der Waals surface area contributed by atoms with Gasteiger partial charge >= 0.3 is 0 Å². The number of Topliss-reactive ketones (excluding diaryl/α,β-unsaturated/α-hetero) is 1.